The number of anilines is 1. The molecule has 31 heavy (non-hydrogen) atoms. The molecule has 3 heterocycles. The Bertz CT molecular complexity index is 1210. The molecule has 4 aromatic rings. The molecule has 1 aliphatic rings. The van der Waals surface area contributed by atoms with Gasteiger partial charge in [0.1, 0.15) is 18.8 Å². The number of furan rings is 1. The summed E-state index contributed by atoms with van der Waals surface area (Å²) in [5.41, 5.74) is 2.12. The lowest BCUT2D eigenvalue weighted by atomic mass is 10.1. The number of rotatable bonds is 6. The minimum Gasteiger partial charge on any atom is -0.486 e. The maximum atomic E-state index is 13.8. The number of hydrogen-bond donors (Lipinski definition) is 0. The SMILES string of the molecule is COCc1c(C(=O)N(Cc2cccs2)c2ccc3c(c2)OCCO3)oc2ccccc12. The first-order valence-electron chi connectivity index (χ1n) is 9.98. The third-order valence-electron chi connectivity index (χ3n) is 5.16. The van der Waals surface area contributed by atoms with E-state index >= 15 is 0 Å². The lowest BCUT2D eigenvalue weighted by Crippen LogP contribution is -2.30. The van der Waals surface area contributed by atoms with Crippen molar-refractivity contribution >= 4 is 33.9 Å². The highest BCUT2D eigenvalue weighted by Gasteiger charge is 2.28. The highest BCUT2D eigenvalue weighted by molar-refractivity contribution is 7.09. The summed E-state index contributed by atoms with van der Waals surface area (Å²) >= 11 is 1.60. The number of carbonyl (C=O) groups is 1. The van der Waals surface area contributed by atoms with Crippen molar-refractivity contribution < 1.29 is 23.4 Å². The van der Waals surface area contributed by atoms with Crippen LogP contribution in [0.1, 0.15) is 21.0 Å². The Morgan fingerprint density at radius 2 is 1.90 bits per heavy atom. The molecule has 0 saturated carbocycles. The topological polar surface area (TPSA) is 61.1 Å². The summed E-state index contributed by atoms with van der Waals surface area (Å²) in [5, 5.41) is 2.88. The fourth-order valence-electron chi connectivity index (χ4n) is 3.72. The first kappa shape index (κ1) is 19.7. The Kier molecular flexibility index (Phi) is 5.36. The van der Waals surface area contributed by atoms with Crippen molar-refractivity contribution in [1.82, 2.24) is 0 Å². The molecule has 0 atom stereocenters. The zero-order chi connectivity index (χ0) is 21.2. The van der Waals surface area contributed by atoms with E-state index in [9.17, 15) is 4.79 Å². The van der Waals surface area contributed by atoms with Gasteiger partial charge in [0.05, 0.1) is 13.2 Å². The molecule has 2 aromatic carbocycles. The van der Waals surface area contributed by atoms with Gasteiger partial charge in [-0.25, -0.2) is 0 Å². The Morgan fingerprint density at radius 1 is 1.06 bits per heavy atom. The van der Waals surface area contributed by atoms with Crippen molar-refractivity contribution in [2.45, 2.75) is 13.2 Å². The van der Waals surface area contributed by atoms with Gasteiger partial charge in [0.2, 0.25) is 0 Å². The van der Waals surface area contributed by atoms with E-state index in [1.807, 2.05) is 60.0 Å². The Labute approximate surface area is 183 Å². The van der Waals surface area contributed by atoms with Crippen LogP contribution in [0.4, 0.5) is 5.69 Å². The Morgan fingerprint density at radius 3 is 2.71 bits per heavy atom. The minimum absolute atomic E-state index is 0.228. The number of nitrogens with zero attached hydrogens (tertiary/aromatic N) is 1. The highest BCUT2D eigenvalue weighted by atomic mass is 32.1. The van der Waals surface area contributed by atoms with E-state index in [-0.39, 0.29) is 18.3 Å². The molecule has 0 radical (unpaired) electrons. The van der Waals surface area contributed by atoms with Crippen LogP contribution < -0.4 is 14.4 Å². The van der Waals surface area contributed by atoms with Crippen LogP contribution >= 0.6 is 11.3 Å². The van der Waals surface area contributed by atoms with Gasteiger partial charge in [0, 0.05) is 34.7 Å². The fourth-order valence-corrected chi connectivity index (χ4v) is 4.41. The number of fused-ring (bicyclic) bond motifs is 2. The van der Waals surface area contributed by atoms with E-state index in [4.69, 9.17) is 18.6 Å². The van der Waals surface area contributed by atoms with Crippen molar-refractivity contribution in [3.05, 3.63) is 76.2 Å². The van der Waals surface area contributed by atoms with E-state index in [0.717, 1.165) is 15.8 Å². The van der Waals surface area contributed by atoms with E-state index < -0.39 is 0 Å². The third kappa shape index (κ3) is 3.78. The summed E-state index contributed by atoms with van der Waals surface area (Å²) in [6, 6.07) is 17.2. The predicted molar refractivity (Wildman–Crippen MR) is 119 cm³/mol. The van der Waals surface area contributed by atoms with Crippen LogP contribution in [-0.2, 0) is 17.9 Å². The lowest BCUT2D eigenvalue weighted by Gasteiger charge is -2.25. The van der Waals surface area contributed by atoms with Crippen LogP contribution in [0.2, 0.25) is 0 Å². The van der Waals surface area contributed by atoms with Gasteiger partial charge in [0.25, 0.3) is 5.91 Å². The zero-order valence-electron chi connectivity index (χ0n) is 17.0. The number of benzene rings is 2. The minimum atomic E-state index is -0.228. The largest absolute Gasteiger partial charge is 0.486 e. The second kappa shape index (κ2) is 8.45. The van der Waals surface area contributed by atoms with Crippen molar-refractivity contribution in [3.8, 4) is 11.5 Å². The van der Waals surface area contributed by atoms with Gasteiger partial charge >= 0.3 is 0 Å². The van der Waals surface area contributed by atoms with Gasteiger partial charge < -0.3 is 23.5 Å². The normalized spacial score (nSPS) is 12.8. The third-order valence-corrected chi connectivity index (χ3v) is 6.02. The molecule has 158 valence electrons. The van der Waals surface area contributed by atoms with E-state index in [1.54, 1.807) is 23.3 Å². The molecule has 2 aromatic heterocycles. The Hall–Kier alpha value is -3.29. The quantitative estimate of drug-likeness (QED) is 0.413. The van der Waals surface area contributed by atoms with Crippen LogP contribution in [0.25, 0.3) is 11.0 Å². The van der Waals surface area contributed by atoms with Crippen LogP contribution in [0, 0.1) is 0 Å². The summed E-state index contributed by atoms with van der Waals surface area (Å²) in [6.07, 6.45) is 0. The molecule has 0 spiro atoms. The van der Waals surface area contributed by atoms with Gasteiger partial charge in [-0.05, 0) is 29.6 Å². The zero-order valence-corrected chi connectivity index (χ0v) is 17.8. The number of methoxy groups -OCH3 is 1. The molecule has 5 rings (SSSR count). The molecule has 0 bridgehead atoms. The average Bonchev–Trinajstić information content (AvgIpc) is 3.45. The van der Waals surface area contributed by atoms with E-state index in [2.05, 4.69) is 0 Å². The molecule has 6 nitrogen and oxygen atoms in total. The van der Waals surface area contributed by atoms with Gasteiger partial charge in [0.15, 0.2) is 17.3 Å². The first-order valence-corrected chi connectivity index (χ1v) is 10.9. The van der Waals surface area contributed by atoms with Crippen LogP contribution in [-0.4, -0.2) is 26.2 Å². The number of carbonyl (C=O) groups excluding carboxylic acids is 1. The molecule has 0 fully saturated rings. The van der Waals surface area contributed by atoms with Gasteiger partial charge in [-0.3, -0.25) is 4.79 Å². The fraction of sp³-hybridized carbons (Fsp3) is 0.208. The summed E-state index contributed by atoms with van der Waals surface area (Å²) in [6.45, 7) is 1.70. The molecular formula is C24H21NO5S. The van der Waals surface area contributed by atoms with Crippen LogP contribution in [0.15, 0.2) is 64.4 Å². The molecule has 0 unspecified atom stereocenters. The Balaban J connectivity index is 1.59. The number of amides is 1. The van der Waals surface area contributed by atoms with E-state index in [0.29, 0.717) is 42.5 Å². The first-order chi connectivity index (χ1) is 15.2. The van der Waals surface area contributed by atoms with Gasteiger partial charge in [-0.15, -0.1) is 11.3 Å². The molecule has 0 N–H and O–H groups in total. The maximum Gasteiger partial charge on any atom is 0.294 e. The molecule has 7 heteroatoms. The maximum absolute atomic E-state index is 13.8. The average molecular weight is 436 g/mol. The van der Waals surface area contributed by atoms with Gasteiger partial charge in [-0.1, -0.05) is 24.3 Å². The molecule has 1 amide bonds. The highest BCUT2D eigenvalue weighted by Crippen LogP contribution is 2.36. The second-order valence-corrected chi connectivity index (χ2v) is 8.17. The molecular weight excluding hydrogens is 414 g/mol. The van der Waals surface area contributed by atoms with Gasteiger partial charge in [-0.2, -0.15) is 0 Å². The molecule has 0 aliphatic carbocycles. The summed E-state index contributed by atoms with van der Waals surface area (Å²) in [4.78, 5) is 16.6. The summed E-state index contributed by atoms with van der Waals surface area (Å²) in [7, 11) is 1.61. The monoisotopic (exact) mass is 435 g/mol. The lowest BCUT2D eigenvalue weighted by molar-refractivity contribution is 0.0954. The van der Waals surface area contributed by atoms with E-state index in [1.165, 1.54) is 0 Å². The number of hydrogen-bond acceptors (Lipinski definition) is 6. The second-order valence-electron chi connectivity index (χ2n) is 7.14. The van der Waals surface area contributed by atoms with Crippen LogP contribution in [0.3, 0.4) is 0 Å². The smallest absolute Gasteiger partial charge is 0.294 e. The number of thiophene rings is 1. The van der Waals surface area contributed by atoms with Crippen molar-refractivity contribution in [1.29, 1.82) is 0 Å². The standard InChI is InChI=1S/C24H21NO5S/c1-27-15-19-18-6-2-3-7-20(18)30-23(19)24(26)25(14-17-5-4-12-31-17)16-8-9-21-22(13-16)29-11-10-28-21/h2-9,12-13H,10-11,14-15H2,1H3. The van der Waals surface area contributed by atoms with Crippen LogP contribution in [0.5, 0.6) is 11.5 Å². The summed E-state index contributed by atoms with van der Waals surface area (Å²) in [5.74, 6) is 1.37. The predicted octanol–water partition coefficient (Wildman–Crippen LogP) is 5.26. The summed E-state index contributed by atoms with van der Waals surface area (Å²) < 4.78 is 22.8. The molecule has 1 aliphatic heterocycles. The van der Waals surface area contributed by atoms with Crippen molar-refractivity contribution in [2.75, 3.05) is 25.2 Å². The number of para-hydroxylation sites is 1. The van der Waals surface area contributed by atoms with Crippen molar-refractivity contribution in [3.63, 3.8) is 0 Å². The molecule has 0 saturated heterocycles. The number of ether oxygens (including phenoxy) is 3. The van der Waals surface area contributed by atoms with Crippen molar-refractivity contribution in [2.24, 2.45) is 0 Å².